The molecule has 2 unspecified atom stereocenters. The van der Waals surface area contributed by atoms with Crippen molar-refractivity contribution in [2.24, 2.45) is 0 Å². The second-order valence-electron chi connectivity index (χ2n) is 4.29. The second kappa shape index (κ2) is 4.67. The van der Waals surface area contributed by atoms with Gasteiger partial charge in [0.1, 0.15) is 5.82 Å². The van der Waals surface area contributed by atoms with Gasteiger partial charge in [-0.1, -0.05) is 0 Å². The van der Waals surface area contributed by atoms with Crippen molar-refractivity contribution in [3.8, 4) is 0 Å². The number of carbonyl (C=O) groups excluding carboxylic acids is 1. The Bertz CT molecular complexity index is 406. The maximum atomic E-state index is 12.2. The van der Waals surface area contributed by atoms with E-state index in [4.69, 9.17) is 10.5 Å². The molecule has 2 N–H and O–H groups in total. The highest BCUT2D eigenvalue weighted by Gasteiger charge is 2.28. The molecule has 2 heterocycles. The van der Waals surface area contributed by atoms with Gasteiger partial charge in [-0.05, 0) is 26.0 Å². The molecule has 1 aliphatic rings. The molecule has 2 atom stereocenters. The number of hydrogen-bond donors (Lipinski definition) is 1. The van der Waals surface area contributed by atoms with E-state index in [2.05, 4.69) is 10.2 Å². The summed E-state index contributed by atoms with van der Waals surface area (Å²) in [6, 6.07) is 3.23. The average molecular weight is 236 g/mol. The molecule has 6 heteroatoms. The molecule has 0 spiro atoms. The summed E-state index contributed by atoms with van der Waals surface area (Å²) >= 11 is 0. The van der Waals surface area contributed by atoms with Gasteiger partial charge >= 0.3 is 0 Å². The molecule has 0 radical (unpaired) electrons. The second-order valence-corrected chi connectivity index (χ2v) is 4.29. The van der Waals surface area contributed by atoms with Crippen molar-refractivity contribution in [1.29, 1.82) is 0 Å². The topological polar surface area (TPSA) is 81.3 Å². The minimum absolute atomic E-state index is 0.0527. The van der Waals surface area contributed by atoms with Gasteiger partial charge in [-0.25, -0.2) is 0 Å². The Morgan fingerprint density at radius 3 is 2.88 bits per heavy atom. The fourth-order valence-electron chi connectivity index (χ4n) is 1.79. The predicted octanol–water partition coefficient (Wildman–Crippen LogP) is 0.308. The maximum absolute atomic E-state index is 12.2. The fourth-order valence-corrected chi connectivity index (χ4v) is 1.79. The van der Waals surface area contributed by atoms with Crippen molar-refractivity contribution in [1.82, 2.24) is 15.1 Å². The number of anilines is 1. The van der Waals surface area contributed by atoms with Crippen LogP contribution in [0.15, 0.2) is 12.1 Å². The Morgan fingerprint density at radius 1 is 1.47 bits per heavy atom. The SMILES string of the molecule is CC1CN(C(=O)c2ccc(N)nn2)C(C)CO1. The highest BCUT2D eigenvalue weighted by molar-refractivity contribution is 5.92. The van der Waals surface area contributed by atoms with Crippen LogP contribution in [0.2, 0.25) is 0 Å². The van der Waals surface area contributed by atoms with Gasteiger partial charge in [-0.15, -0.1) is 10.2 Å². The molecule has 6 nitrogen and oxygen atoms in total. The highest BCUT2D eigenvalue weighted by Crippen LogP contribution is 2.14. The lowest BCUT2D eigenvalue weighted by Crippen LogP contribution is -2.50. The summed E-state index contributed by atoms with van der Waals surface area (Å²) in [7, 11) is 0. The molecule has 92 valence electrons. The molecule has 1 amide bonds. The van der Waals surface area contributed by atoms with Gasteiger partial charge in [0.25, 0.3) is 5.91 Å². The number of amides is 1. The number of hydrogen-bond acceptors (Lipinski definition) is 5. The first-order chi connectivity index (χ1) is 8.08. The quantitative estimate of drug-likeness (QED) is 0.758. The van der Waals surface area contributed by atoms with E-state index in [0.717, 1.165) is 0 Å². The van der Waals surface area contributed by atoms with Crippen molar-refractivity contribution in [3.05, 3.63) is 17.8 Å². The number of aromatic nitrogens is 2. The van der Waals surface area contributed by atoms with Crippen LogP contribution in [0, 0.1) is 0 Å². The van der Waals surface area contributed by atoms with Crippen LogP contribution in [-0.2, 0) is 4.74 Å². The molecule has 1 aromatic heterocycles. The van der Waals surface area contributed by atoms with Gasteiger partial charge in [0.05, 0.1) is 18.8 Å². The predicted molar refractivity (Wildman–Crippen MR) is 62.4 cm³/mol. The Labute approximate surface area is 99.8 Å². The van der Waals surface area contributed by atoms with Crippen LogP contribution in [0.25, 0.3) is 0 Å². The number of carbonyl (C=O) groups is 1. The Kier molecular flexibility index (Phi) is 3.23. The zero-order valence-electron chi connectivity index (χ0n) is 9.96. The zero-order valence-corrected chi connectivity index (χ0v) is 9.96. The molecule has 17 heavy (non-hydrogen) atoms. The number of nitrogens with two attached hydrogens (primary N) is 1. The summed E-state index contributed by atoms with van der Waals surface area (Å²) in [5.74, 6) is 0.185. The van der Waals surface area contributed by atoms with E-state index in [1.54, 1.807) is 17.0 Å². The van der Waals surface area contributed by atoms with Gasteiger partial charge in [-0.3, -0.25) is 4.79 Å². The fraction of sp³-hybridized carbons (Fsp3) is 0.545. The summed E-state index contributed by atoms with van der Waals surface area (Å²) in [6.07, 6.45) is 0.0527. The van der Waals surface area contributed by atoms with Crippen LogP contribution in [0.4, 0.5) is 5.82 Å². The monoisotopic (exact) mass is 236 g/mol. The first kappa shape index (κ1) is 11.8. The Balaban J connectivity index is 2.15. The normalized spacial score (nSPS) is 24.7. The third kappa shape index (κ3) is 2.52. The van der Waals surface area contributed by atoms with Gasteiger partial charge in [0.15, 0.2) is 5.69 Å². The minimum Gasteiger partial charge on any atom is -0.382 e. The molecule has 1 saturated heterocycles. The summed E-state index contributed by atoms with van der Waals surface area (Å²) < 4.78 is 5.48. The lowest BCUT2D eigenvalue weighted by molar-refractivity contribution is -0.0389. The van der Waals surface area contributed by atoms with Crippen LogP contribution in [0.1, 0.15) is 24.3 Å². The Morgan fingerprint density at radius 2 is 2.24 bits per heavy atom. The van der Waals surface area contributed by atoms with E-state index < -0.39 is 0 Å². The van der Waals surface area contributed by atoms with Gasteiger partial charge in [-0.2, -0.15) is 0 Å². The van der Waals surface area contributed by atoms with Gasteiger partial charge < -0.3 is 15.4 Å². The van der Waals surface area contributed by atoms with Crippen molar-refractivity contribution in [3.63, 3.8) is 0 Å². The lowest BCUT2D eigenvalue weighted by atomic mass is 10.2. The molecule has 0 saturated carbocycles. The highest BCUT2D eigenvalue weighted by atomic mass is 16.5. The summed E-state index contributed by atoms with van der Waals surface area (Å²) in [5.41, 5.74) is 5.76. The molecule has 0 aromatic carbocycles. The van der Waals surface area contributed by atoms with Crippen LogP contribution in [0.5, 0.6) is 0 Å². The zero-order chi connectivity index (χ0) is 12.4. The van der Waals surface area contributed by atoms with Crippen molar-refractivity contribution < 1.29 is 9.53 Å². The van der Waals surface area contributed by atoms with Crippen molar-refractivity contribution in [2.75, 3.05) is 18.9 Å². The molecule has 1 aromatic rings. The van der Waals surface area contributed by atoms with Gasteiger partial charge in [0.2, 0.25) is 0 Å². The standard InChI is InChI=1S/C11H16N4O2/c1-7-6-17-8(2)5-15(7)11(16)9-3-4-10(12)14-13-9/h3-4,7-8H,5-6H2,1-2H3,(H2,12,14). The molecule has 0 bridgehead atoms. The van der Waals surface area contributed by atoms with E-state index in [1.165, 1.54) is 0 Å². The molecular formula is C11H16N4O2. The third-order valence-electron chi connectivity index (χ3n) is 2.77. The maximum Gasteiger partial charge on any atom is 0.274 e. The largest absolute Gasteiger partial charge is 0.382 e. The smallest absolute Gasteiger partial charge is 0.274 e. The molecule has 1 aliphatic heterocycles. The minimum atomic E-state index is -0.125. The molecule has 2 rings (SSSR count). The number of nitrogens with zero attached hydrogens (tertiary/aromatic N) is 3. The van der Waals surface area contributed by atoms with E-state index in [-0.39, 0.29) is 18.1 Å². The summed E-state index contributed by atoms with van der Waals surface area (Å²) in [6.45, 7) is 5.02. The van der Waals surface area contributed by atoms with Gasteiger partial charge in [0, 0.05) is 6.54 Å². The van der Waals surface area contributed by atoms with Crippen LogP contribution in [0.3, 0.4) is 0 Å². The number of ether oxygens (including phenoxy) is 1. The van der Waals surface area contributed by atoms with E-state index in [9.17, 15) is 4.79 Å². The van der Waals surface area contributed by atoms with Crippen LogP contribution in [-0.4, -0.2) is 46.3 Å². The third-order valence-corrected chi connectivity index (χ3v) is 2.77. The van der Waals surface area contributed by atoms with E-state index in [0.29, 0.717) is 24.7 Å². The Hall–Kier alpha value is -1.69. The lowest BCUT2D eigenvalue weighted by Gasteiger charge is -2.36. The summed E-state index contributed by atoms with van der Waals surface area (Å²) in [5, 5.41) is 7.49. The molecule has 0 aliphatic carbocycles. The number of nitrogen functional groups attached to an aromatic ring is 1. The first-order valence-electron chi connectivity index (χ1n) is 5.59. The number of rotatable bonds is 1. The van der Waals surface area contributed by atoms with E-state index in [1.807, 2.05) is 13.8 Å². The number of morpholine rings is 1. The average Bonchev–Trinajstić information content (AvgIpc) is 2.32. The van der Waals surface area contributed by atoms with Crippen LogP contribution < -0.4 is 5.73 Å². The first-order valence-corrected chi connectivity index (χ1v) is 5.59. The van der Waals surface area contributed by atoms with Crippen molar-refractivity contribution >= 4 is 11.7 Å². The van der Waals surface area contributed by atoms with Crippen LogP contribution >= 0.6 is 0 Å². The van der Waals surface area contributed by atoms with E-state index >= 15 is 0 Å². The summed E-state index contributed by atoms with van der Waals surface area (Å²) in [4.78, 5) is 14.0. The van der Waals surface area contributed by atoms with Crippen molar-refractivity contribution in [2.45, 2.75) is 26.0 Å². The molecule has 1 fully saturated rings. The molecular weight excluding hydrogens is 220 g/mol.